The molecule has 3 N–H and O–H groups in total. The molecule has 0 aliphatic carbocycles. The highest BCUT2D eigenvalue weighted by atomic mass is 16.3. The molecule has 1 amide bonds. The number of amides is 1. The molecule has 7 nitrogen and oxygen atoms in total. The Morgan fingerprint density at radius 2 is 1.77 bits per heavy atom. The Kier molecular flexibility index (Phi) is 5.49. The van der Waals surface area contributed by atoms with Gasteiger partial charge in [0.15, 0.2) is 0 Å². The van der Waals surface area contributed by atoms with Gasteiger partial charge in [0.2, 0.25) is 0 Å². The van der Waals surface area contributed by atoms with Crippen molar-refractivity contribution in [1.82, 2.24) is 15.2 Å². The zero-order chi connectivity index (χ0) is 21.8. The Hall–Kier alpha value is -4.39. The van der Waals surface area contributed by atoms with Crippen molar-refractivity contribution in [2.75, 3.05) is 0 Å². The van der Waals surface area contributed by atoms with Gasteiger partial charge in [-0.3, -0.25) is 4.79 Å². The van der Waals surface area contributed by atoms with E-state index >= 15 is 0 Å². The number of carbonyl (C=O) groups is 1. The number of rotatable bonds is 5. The molecule has 3 aromatic carbocycles. The number of hydrogen-bond donors (Lipinski definition) is 3. The molecule has 7 heteroatoms. The van der Waals surface area contributed by atoms with Crippen LogP contribution in [0.15, 0.2) is 84.1 Å². The fourth-order valence-electron chi connectivity index (χ4n) is 3.06. The monoisotopic (exact) mass is 412 g/mol. The van der Waals surface area contributed by atoms with Gasteiger partial charge in [0.25, 0.3) is 5.91 Å². The van der Waals surface area contributed by atoms with Crippen LogP contribution in [0, 0.1) is 6.92 Å². The van der Waals surface area contributed by atoms with Gasteiger partial charge in [-0.1, -0.05) is 48.0 Å². The summed E-state index contributed by atoms with van der Waals surface area (Å²) in [5, 5.41) is 27.9. The van der Waals surface area contributed by atoms with E-state index in [0.717, 1.165) is 22.9 Å². The summed E-state index contributed by atoms with van der Waals surface area (Å²) < 4.78 is 1.75. The average molecular weight is 412 g/mol. The number of benzene rings is 3. The molecule has 4 rings (SSSR count). The molecule has 0 saturated carbocycles. The SMILES string of the molecule is Cc1ccc(-c2nn(-c3ccccc3)cc2/C=N/NC(=O)c2ccc(O)cc2O)cc1. The number of aromatic hydroxyl groups is 2. The second-order valence-electron chi connectivity index (χ2n) is 6.98. The van der Waals surface area contributed by atoms with Crippen molar-refractivity contribution in [1.29, 1.82) is 0 Å². The first-order valence-electron chi connectivity index (χ1n) is 9.59. The smallest absolute Gasteiger partial charge is 0.275 e. The summed E-state index contributed by atoms with van der Waals surface area (Å²) in [5.41, 5.74) is 6.79. The molecule has 0 aliphatic rings. The highest BCUT2D eigenvalue weighted by Gasteiger charge is 2.13. The molecule has 0 aliphatic heterocycles. The number of aromatic nitrogens is 2. The van der Waals surface area contributed by atoms with Crippen LogP contribution in [-0.2, 0) is 0 Å². The Balaban J connectivity index is 1.63. The first kappa shape index (κ1) is 19.9. The number of nitrogens with one attached hydrogen (secondary N) is 1. The van der Waals surface area contributed by atoms with Gasteiger partial charge in [-0.25, -0.2) is 10.1 Å². The number of hydrazone groups is 1. The van der Waals surface area contributed by atoms with E-state index < -0.39 is 5.91 Å². The van der Waals surface area contributed by atoms with Crippen LogP contribution in [0.3, 0.4) is 0 Å². The van der Waals surface area contributed by atoms with Crippen LogP contribution in [0.5, 0.6) is 11.5 Å². The fourth-order valence-corrected chi connectivity index (χ4v) is 3.06. The van der Waals surface area contributed by atoms with E-state index in [1.54, 1.807) is 4.68 Å². The van der Waals surface area contributed by atoms with Crippen LogP contribution >= 0.6 is 0 Å². The summed E-state index contributed by atoms with van der Waals surface area (Å²) in [6.45, 7) is 2.02. The lowest BCUT2D eigenvalue weighted by molar-refractivity contribution is 0.0952. The van der Waals surface area contributed by atoms with Crippen LogP contribution in [0.4, 0.5) is 0 Å². The second kappa shape index (κ2) is 8.54. The maximum Gasteiger partial charge on any atom is 0.275 e. The van der Waals surface area contributed by atoms with E-state index in [1.165, 1.54) is 18.3 Å². The molecule has 0 fully saturated rings. The molecular weight excluding hydrogens is 392 g/mol. The van der Waals surface area contributed by atoms with E-state index in [9.17, 15) is 15.0 Å². The largest absolute Gasteiger partial charge is 0.508 e. The van der Waals surface area contributed by atoms with Crippen molar-refractivity contribution in [3.05, 3.63) is 95.7 Å². The Bertz CT molecular complexity index is 1250. The molecule has 0 spiro atoms. The quantitative estimate of drug-likeness (QED) is 0.340. The zero-order valence-electron chi connectivity index (χ0n) is 16.7. The summed E-state index contributed by atoms with van der Waals surface area (Å²) in [6, 6.07) is 21.4. The number of hydrogen-bond acceptors (Lipinski definition) is 5. The number of aryl methyl sites for hydroxylation is 1. The molecular formula is C24H20N4O3. The van der Waals surface area contributed by atoms with E-state index in [-0.39, 0.29) is 17.1 Å². The van der Waals surface area contributed by atoms with Gasteiger partial charge in [0, 0.05) is 23.4 Å². The summed E-state index contributed by atoms with van der Waals surface area (Å²) >= 11 is 0. The average Bonchev–Trinajstić information content (AvgIpc) is 3.19. The van der Waals surface area contributed by atoms with Crippen LogP contribution in [-0.4, -0.2) is 32.1 Å². The van der Waals surface area contributed by atoms with Crippen LogP contribution < -0.4 is 5.43 Å². The summed E-state index contributed by atoms with van der Waals surface area (Å²) in [6.07, 6.45) is 3.34. The number of phenols is 2. The van der Waals surface area contributed by atoms with Crippen molar-refractivity contribution >= 4 is 12.1 Å². The minimum atomic E-state index is -0.596. The van der Waals surface area contributed by atoms with Crippen LogP contribution in [0.25, 0.3) is 16.9 Å². The molecule has 31 heavy (non-hydrogen) atoms. The van der Waals surface area contributed by atoms with Gasteiger partial charge in [-0.15, -0.1) is 0 Å². The van der Waals surface area contributed by atoms with Gasteiger partial charge in [0.05, 0.1) is 17.5 Å². The third-order valence-electron chi connectivity index (χ3n) is 4.68. The first-order valence-corrected chi connectivity index (χ1v) is 9.59. The summed E-state index contributed by atoms with van der Waals surface area (Å²) in [5.74, 6) is -1.06. The second-order valence-corrected chi connectivity index (χ2v) is 6.98. The molecule has 1 heterocycles. The Morgan fingerprint density at radius 3 is 2.48 bits per heavy atom. The molecule has 0 saturated heterocycles. The van der Waals surface area contributed by atoms with Crippen molar-refractivity contribution in [2.24, 2.45) is 5.10 Å². The summed E-state index contributed by atoms with van der Waals surface area (Å²) in [7, 11) is 0. The predicted octanol–water partition coefficient (Wildman–Crippen LogP) is 4.02. The maximum atomic E-state index is 12.3. The van der Waals surface area contributed by atoms with Gasteiger partial charge in [0.1, 0.15) is 17.2 Å². The first-order chi connectivity index (χ1) is 15.0. The van der Waals surface area contributed by atoms with Gasteiger partial charge in [-0.05, 0) is 31.2 Å². The fraction of sp³-hybridized carbons (Fsp3) is 0.0417. The summed E-state index contributed by atoms with van der Waals surface area (Å²) in [4.78, 5) is 12.3. The van der Waals surface area contributed by atoms with Crippen molar-refractivity contribution in [3.63, 3.8) is 0 Å². The highest BCUT2D eigenvalue weighted by Crippen LogP contribution is 2.24. The highest BCUT2D eigenvalue weighted by molar-refractivity contribution is 5.98. The van der Waals surface area contributed by atoms with Crippen LogP contribution in [0.1, 0.15) is 21.5 Å². The van der Waals surface area contributed by atoms with E-state index in [1.807, 2.05) is 67.7 Å². The topological polar surface area (TPSA) is 99.7 Å². The molecule has 0 radical (unpaired) electrons. The van der Waals surface area contributed by atoms with E-state index in [2.05, 4.69) is 10.5 Å². The van der Waals surface area contributed by atoms with Gasteiger partial charge in [-0.2, -0.15) is 10.2 Å². The number of phenolic OH excluding ortho intramolecular Hbond substituents is 2. The van der Waals surface area contributed by atoms with E-state index in [4.69, 9.17) is 5.10 Å². The molecule has 0 unspecified atom stereocenters. The minimum Gasteiger partial charge on any atom is -0.508 e. The normalized spacial score (nSPS) is 11.0. The van der Waals surface area contributed by atoms with Crippen molar-refractivity contribution in [2.45, 2.75) is 6.92 Å². The maximum absolute atomic E-state index is 12.3. The minimum absolute atomic E-state index is 0.00805. The molecule has 4 aromatic rings. The number of carbonyl (C=O) groups excluding carboxylic acids is 1. The molecule has 0 atom stereocenters. The van der Waals surface area contributed by atoms with Gasteiger partial charge < -0.3 is 10.2 Å². The zero-order valence-corrected chi connectivity index (χ0v) is 16.7. The van der Waals surface area contributed by atoms with Crippen LogP contribution in [0.2, 0.25) is 0 Å². The lowest BCUT2D eigenvalue weighted by Crippen LogP contribution is -2.17. The van der Waals surface area contributed by atoms with E-state index in [0.29, 0.717) is 11.3 Å². The Morgan fingerprint density at radius 1 is 1.03 bits per heavy atom. The standard InChI is InChI=1S/C24H20N4O3/c1-16-7-9-17(10-8-16)23-18(15-28(27-23)19-5-3-2-4-6-19)14-25-26-24(31)21-12-11-20(29)13-22(21)30/h2-15,29-30H,1H3,(H,26,31)/b25-14+. The number of para-hydroxylation sites is 1. The predicted molar refractivity (Wildman–Crippen MR) is 119 cm³/mol. The number of nitrogens with zero attached hydrogens (tertiary/aromatic N) is 3. The molecule has 1 aromatic heterocycles. The Labute approximate surface area is 178 Å². The third kappa shape index (κ3) is 4.45. The van der Waals surface area contributed by atoms with Crippen molar-refractivity contribution in [3.8, 4) is 28.4 Å². The lowest BCUT2D eigenvalue weighted by atomic mass is 10.1. The van der Waals surface area contributed by atoms with Gasteiger partial charge >= 0.3 is 0 Å². The molecule has 0 bridgehead atoms. The lowest BCUT2D eigenvalue weighted by Gasteiger charge is -2.03. The van der Waals surface area contributed by atoms with Crippen molar-refractivity contribution < 1.29 is 15.0 Å². The third-order valence-corrected chi connectivity index (χ3v) is 4.68. The molecule has 154 valence electrons.